The number of methoxy groups -OCH3 is 1. The molecular weight excluding hydrogens is 284 g/mol. The molecule has 0 bridgehead atoms. The molecule has 22 heavy (non-hydrogen) atoms. The molecule has 6 nitrogen and oxygen atoms in total. The molecule has 2 aliphatic rings. The molecular formula is C16H22N2O4. The zero-order valence-corrected chi connectivity index (χ0v) is 13.3. The summed E-state index contributed by atoms with van der Waals surface area (Å²) < 4.78 is 10.3. The first-order chi connectivity index (χ1) is 10.5. The van der Waals surface area contributed by atoms with Crippen molar-refractivity contribution < 1.29 is 18.7 Å². The molecule has 6 heteroatoms. The van der Waals surface area contributed by atoms with Crippen molar-refractivity contribution in [2.24, 2.45) is 5.92 Å². The minimum absolute atomic E-state index is 0.269. The molecule has 3 rings (SSSR count). The lowest BCUT2D eigenvalue weighted by Crippen LogP contribution is -2.60. The molecule has 1 aliphatic heterocycles. The van der Waals surface area contributed by atoms with Crippen LogP contribution in [-0.2, 0) is 16.1 Å². The van der Waals surface area contributed by atoms with Crippen LogP contribution in [0.1, 0.15) is 41.1 Å². The Morgan fingerprint density at radius 3 is 3.00 bits per heavy atom. The zero-order chi connectivity index (χ0) is 15.9. The van der Waals surface area contributed by atoms with Crippen molar-refractivity contribution in [1.82, 2.24) is 9.80 Å². The molecule has 0 unspecified atom stereocenters. The molecule has 1 aromatic rings. The largest absolute Gasteiger partial charge is 0.465 e. The molecule has 1 amide bonds. The molecule has 0 radical (unpaired) electrons. The molecule has 120 valence electrons. The molecule has 2 heterocycles. The third-order valence-electron chi connectivity index (χ3n) is 4.67. The maximum atomic E-state index is 12.0. The number of rotatable bonds is 5. The van der Waals surface area contributed by atoms with Gasteiger partial charge in [-0.2, -0.15) is 0 Å². The minimum atomic E-state index is -0.387. The van der Waals surface area contributed by atoms with Gasteiger partial charge in [-0.05, 0) is 32.9 Å². The van der Waals surface area contributed by atoms with Gasteiger partial charge in [0.15, 0.2) is 0 Å². The van der Waals surface area contributed by atoms with E-state index in [-0.39, 0.29) is 17.8 Å². The van der Waals surface area contributed by atoms with Crippen molar-refractivity contribution in [3.8, 4) is 0 Å². The number of esters is 1. The molecule has 0 N–H and O–H groups in total. The Bertz CT molecular complexity index is 595. The van der Waals surface area contributed by atoms with E-state index in [2.05, 4.69) is 0 Å². The Morgan fingerprint density at radius 2 is 2.27 bits per heavy atom. The van der Waals surface area contributed by atoms with E-state index in [0.717, 1.165) is 19.3 Å². The van der Waals surface area contributed by atoms with Gasteiger partial charge in [-0.1, -0.05) is 6.42 Å². The van der Waals surface area contributed by atoms with E-state index in [1.165, 1.54) is 7.11 Å². The first-order valence-electron chi connectivity index (χ1n) is 7.68. The number of β-lactam (4-membered cyclic amide) rings is 1. The predicted molar refractivity (Wildman–Crippen MR) is 79.1 cm³/mol. The Kier molecular flexibility index (Phi) is 3.95. The third kappa shape index (κ3) is 2.52. The number of likely N-dealkylation sites (tertiary alicyclic amines) is 1. The predicted octanol–water partition coefficient (Wildman–Crippen LogP) is 1.77. The fourth-order valence-electron chi connectivity index (χ4n) is 3.58. The van der Waals surface area contributed by atoms with E-state index in [4.69, 9.17) is 9.15 Å². The quantitative estimate of drug-likeness (QED) is 0.613. The van der Waals surface area contributed by atoms with E-state index in [1.54, 1.807) is 13.0 Å². The van der Waals surface area contributed by atoms with E-state index in [0.29, 0.717) is 36.3 Å². The van der Waals surface area contributed by atoms with Crippen molar-refractivity contribution in [1.29, 1.82) is 0 Å². The number of ether oxygens (including phenoxy) is 1. The van der Waals surface area contributed by atoms with Crippen LogP contribution in [0.5, 0.6) is 0 Å². The number of carbonyl (C=O) groups excluding carboxylic acids is 2. The molecule has 1 aliphatic carbocycles. The lowest BCUT2D eigenvalue weighted by Gasteiger charge is -2.45. The van der Waals surface area contributed by atoms with Crippen LogP contribution in [0.2, 0.25) is 0 Å². The van der Waals surface area contributed by atoms with Gasteiger partial charge in [0.2, 0.25) is 5.91 Å². The molecule has 0 spiro atoms. The number of aryl methyl sites for hydroxylation is 1. The molecule has 1 saturated carbocycles. The lowest BCUT2D eigenvalue weighted by molar-refractivity contribution is -0.157. The summed E-state index contributed by atoms with van der Waals surface area (Å²) in [6, 6.07) is 2.15. The molecule has 1 aromatic heterocycles. The second kappa shape index (κ2) is 5.76. The number of amides is 1. The smallest absolute Gasteiger partial charge is 0.341 e. The van der Waals surface area contributed by atoms with Gasteiger partial charge in [0.25, 0.3) is 0 Å². The van der Waals surface area contributed by atoms with Gasteiger partial charge in [-0.25, -0.2) is 4.79 Å². The number of nitrogens with zero attached hydrogens (tertiary/aromatic N) is 2. The Balaban J connectivity index is 1.59. The molecule has 1 saturated heterocycles. The number of hydrogen-bond donors (Lipinski definition) is 0. The summed E-state index contributed by atoms with van der Waals surface area (Å²) in [6.45, 7) is 2.91. The Hall–Kier alpha value is -1.82. The van der Waals surface area contributed by atoms with Crippen LogP contribution in [0.25, 0.3) is 0 Å². The Labute approximate surface area is 130 Å². The SMILES string of the molecule is COC(=O)c1cc(CN(C)CN2C(=O)[C@H]3CCC[C@@H]32)oc1C. The van der Waals surface area contributed by atoms with E-state index >= 15 is 0 Å². The summed E-state index contributed by atoms with van der Waals surface area (Å²) in [5.74, 6) is 1.43. The summed E-state index contributed by atoms with van der Waals surface area (Å²) in [5.41, 5.74) is 0.460. The van der Waals surface area contributed by atoms with Crippen molar-refractivity contribution in [3.63, 3.8) is 0 Å². The van der Waals surface area contributed by atoms with Crippen LogP contribution < -0.4 is 0 Å². The topological polar surface area (TPSA) is 63.0 Å². The van der Waals surface area contributed by atoms with Crippen LogP contribution in [0.15, 0.2) is 10.5 Å². The summed E-state index contributed by atoms with van der Waals surface area (Å²) >= 11 is 0. The van der Waals surface area contributed by atoms with Crippen molar-refractivity contribution >= 4 is 11.9 Å². The van der Waals surface area contributed by atoms with Crippen LogP contribution in [0.4, 0.5) is 0 Å². The van der Waals surface area contributed by atoms with Crippen molar-refractivity contribution in [2.75, 3.05) is 20.8 Å². The second-order valence-corrected chi connectivity index (χ2v) is 6.24. The second-order valence-electron chi connectivity index (χ2n) is 6.24. The monoisotopic (exact) mass is 306 g/mol. The van der Waals surface area contributed by atoms with E-state index in [1.807, 2.05) is 16.8 Å². The van der Waals surface area contributed by atoms with Crippen molar-refractivity contribution in [3.05, 3.63) is 23.2 Å². The number of furan rings is 1. The molecule has 0 aromatic carbocycles. The highest BCUT2D eigenvalue weighted by Crippen LogP contribution is 2.39. The zero-order valence-electron chi connectivity index (χ0n) is 13.3. The fourth-order valence-corrected chi connectivity index (χ4v) is 3.58. The van der Waals surface area contributed by atoms with Gasteiger partial charge in [0.05, 0.1) is 26.2 Å². The maximum absolute atomic E-state index is 12.0. The summed E-state index contributed by atoms with van der Waals surface area (Å²) in [6.07, 6.45) is 3.32. The summed E-state index contributed by atoms with van der Waals surface area (Å²) in [4.78, 5) is 27.6. The van der Waals surface area contributed by atoms with Crippen LogP contribution in [0.3, 0.4) is 0 Å². The summed E-state index contributed by atoms with van der Waals surface area (Å²) in [5, 5.41) is 0. The highest BCUT2D eigenvalue weighted by Gasteiger charge is 2.49. The maximum Gasteiger partial charge on any atom is 0.341 e. The van der Waals surface area contributed by atoms with Gasteiger partial charge < -0.3 is 14.1 Å². The van der Waals surface area contributed by atoms with Crippen molar-refractivity contribution in [2.45, 2.75) is 38.8 Å². The van der Waals surface area contributed by atoms with Gasteiger partial charge in [0, 0.05) is 6.04 Å². The highest BCUT2D eigenvalue weighted by atomic mass is 16.5. The first-order valence-corrected chi connectivity index (χ1v) is 7.68. The van der Waals surface area contributed by atoms with Crippen LogP contribution in [0, 0.1) is 12.8 Å². The van der Waals surface area contributed by atoms with E-state index in [9.17, 15) is 9.59 Å². The van der Waals surface area contributed by atoms with Gasteiger partial charge in [0.1, 0.15) is 17.1 Å². The van der Waals surface area contributed by atoms with Gasteiger partial charge >= 0.3 is 5.97 Å². The summed E-state index contributed by atoms with van der Waals surface area (Å²) in [7, 11) is 3.30. The standard InChI is InChI=1S/C16H22N2O4/c1-10-13(16(20)21-3)7-11(22-10)8-17(2)9-18-14-6-4-5-12(14)15(18)19/h7,12,14H,4-6,8-9H2,1-3H3/t12-,14-/m0/s1. The van der Waals surface area contributed by atoms with Gasteiger partial charge in [-0.3, -0.25) is 9.69 Å². The van der Waals surface area contributed by atoms with Crippen LogP contribution in [-0.4, -0.2) is 48.5 Å². The average molecular weight is 306 g/mol. The normalized spacial score (nSPS) is 23.6. The fraction of sp³-hybridized carbons (Fsp3) is 0.625. The van der Waals surface area contributed by atoms with Gasteiger partial charge in [-0.15, -0.1) is 0 Å². The number of carbonyl (C=O) groups is 2. The first kappa shape index (κ1) is 15.1. The molecule has 2 fully saturated rings. The highest BCUT2D eigenvalue weighted by molar-refractivity contribution is 5.90. The number of hydrogen-bond acceptors (Lipinski definition) is 5. The lowest BCUT2D eigenvalue weighted by atomic mass is 9.91. The third-order valence-corrected chi connectivity index (χ3v) is 4.67. The minimum Gasteiger partial charge on any atom is -0.465 e. The Morgan fingerprint density at radius 1 is 1.50 bits per heavy atom. The average Bonchev–Trinajstić information content (AvgIpc) is 3.08. The molecule has 2 atom stereocenters. The van der Waals surface area contributed by atoms with Crippen LogP contribution >= 0.6 is 0 Å². The number of fused-ring (bicyclic) bond motifs is 1. The van der Waals surface area contributed by atoms with E-state index < -0.39 is 0 Å².